The van der Waals surface area contributed by atoms with Gasteiger partial charge in [-0.3, -0.25) is 9.59 Å². The van der Waals surface area contributed by atoms with E-state index < -0.39 is 0 Å². The Labute approximate surface area is 157 Å². The summed E-state index contributed by atoms with van der Waals surface area (Å²) in [6, 6.07) is 7.14. The monoisotopic (exact) mass is 373 g/mol. The maximum absolute atomic E-state index is 12.7. The fourth-order valence-corrected chi connectivity index (χ4v) is 3.06. The van der Waals surface area contributed by atoms with Crippen molar-refractivity contribution in [1.29, 1.82) is 0 Å². The number of aromatic nitrogens is 2. The van der Waals surface area contributed by atoms with Gasteiger partial charge in [0.1, 0.15) is 17.8 Å². The third kappa shape index (κ3) is 4.11. The molecule has 0 saturated carbocycles. The molecule has 26 heavy (non-hydrogen) atoms. The van der Waals surface area contributed by atoms with Crippen LogP contribution in [0.1, 0.15) is 23.0 Å². The molecule has 1 aromatic carbocycles. The Kier molecular flexibility index (Phi) is 5.37. The number of carbonyl (C=O) groups excluding carboxylic acids is 2. The molecule has 3 rings (SSSR count). The number of nitrogens with one attached hydrogen (secondary N) is 1. The van der Waals surface area contributed by atoms with E-state index in [4.69, 9.17) is 11.6 Å². The lowest BCUT2D eigenvalue weighted by molar-refractivity contribution is -0.130. The first-order chi connectivity index (χ1) is 12.4. The minimum absolute atomic E-state index is 0.0314. The van der Waals surface area contributed by atoms with Crippen LogP contribution in [-0.4, -0.2) is 57.8 Å². The summed E-state index contributed by atoms with van der Waals surface area (Å²) >= 11 is 5.97. The van der Waals surface area contributed by atoms with Crippen molar-refractivity contribution >= 4 is 34.9 Å². The molecular formula is C18H20ClN5O2. The molecule has 1 aliphatic heterocycles. The Hall–Kier alpha value is -2.67. The number of benzene rings is 1. The Morgan fingerprint density at radius 1 is 1.08 bits per heavy atom. The van der Waals surface area contributed by atoms with E-state index in [1.54, 1.807) is 28.9 Å². The molecule has 0 atom stereocenters. The van der Waals surface area contributed by atoms with Gasteiger partial charge in [-0.05, 0) is 30.7 Å². The summed E-state index contributed by atoms with van der Waals surface area (Å²) in [4.78, 5) is 35.8. The lowest BCUT2D eigenvalue weighted by Gasteiger charge is -2.34. The number of amides is 2. The van der Waals surface area contributed by atoms with E-state index in [1.807, 2.05) is 19.1 Å². The molecule has 1 aromatic heterocycles. The summed E-state index contributed by atoms with van der Waals surface area (Å²) in [6.45, 7) is 5.57. The number of hydrogen-bond donors (Lipinski definition) is 1. The third-order valence-electron chi connectivity index (χ3n) is 4.35. The van der Waals surface area contributed by atoms with Gasteiger partial charge in [0.05, 0.1) is 0 Å². The van der Waals surface area contributed by atoms with Crippen molar-refractivity contribution in [1.82, 2.24) is 19.8 Å². The van der Waals surface area contributed by atoms with Crippen LogP contribution in [0.25, 0.3) is 0 Å². The Morgan fingerprint density at radius 2 is 1.77 bits per heavy atom. The van der Waals surface area contributed by atoms with Gasteiger partial charge < -0.3 is 15.1 Å². The summed E-state index contributed by atoms with van der Waals surface area (Å²) in [5.74, 6) is 0.409. The molecule has 2 heterocycles. The van der Waals surface area contributed by atoms with E-state index in [9.17, 15) is 9.59 Å². The zero-order valence-electron chi connectivity index (χ0n) is 14.7. The Bertz CT molecular complexity index is 834. The molecule has 1 aliphatic rings. The minimum atomic E-state index is -0.161. The average Bonchev–Trinajstić information content (AvgIpc) is 2.64. The number of piperazine rings is 1. The van der Waals surface area contributed by atoms with Gasteiger partial charge in [0.25, 0.3) is 5.91 Å². The first-order valence-electron chi connectivity index (χ1n) is 8.34. The van der Waals surface area contributed by atoms with Crippen molar-refractivity contribution in [2.75, 3.05) is 31.5 Å². The van der Waals surface area contributed by atoms with Crippen molar-refractivity contribution in [2.24, 2.45) is 0 Å². The Balaban J connectivity index is 1.71. The van der Waals surface area contributed by atoms with Crippen LogP contribution < -0.4 is 5.32 Å². The second kappa shape index (κ2) is 7.70. The zero-order valence-corrected chi connectivity index (χ0v) is 15.5. The second-order valence-corrected chi connectivity index (χ2v) is 6.61. The van der Waals surface area contributed by atoms with Gasteiger partial charge in [0, 0.05) is 49.9 Å². The molecule has 8 heteroatoms. The van der Waals surface area contributed by atoms with Crippen LogP contribution in [0.2, 0.25) is 5.02 Å². The Morgan fingerprint density at radius 3 is 2.42 bits per heavy atom. The fourth-order valence-electron chi connectivity index (χ4n) is 2.83. The van der Waals surface area contributed by atoms with E-state index in [0.29, 0.717) is 42.7 Å². The highest BCUT2D eigenvalue weighted by atomic mass is 35.5. The maximum atomic E-state index is 12.7. The molecule has 0 spiro atoms. The average molecular weight is 374 g/mol. The summed E-state index contributed by atoms with van der Waals surface area (Å²) < 4.78 is 0. The normalized spacial score (nSPS) is 14.3. The van der Waals surface area contributed by atoms with Gasteiger partial charge in [-0.1, -0.05) is 11.6 Å². The third-order valence-corrected chi connectivity index (χ3v) is 4.58. The predicted octanol–water partition coefficient (Wildman–Crippen LogP) is 2.49. The van der Waals surface area contributed by atoms with E-state index in [-0.39, 0.29) is 11.8 Å². The van der Waals surface area contributed by atoms with Gasteiger partial charge >= 0.3 is 0 Å². The standard InChI is InChI=1S/C18H20ClN5O2/c1-12-9-14(19)3-4-15(12)22-17-10-16(20-11-21-17)18(26)24-7-5-23(6-8-24)13(2)25/h3-4,9-11H,5-8H2,1-2H3,(H,20,21,22). The summed E-state index contributed by atoms with van der Waals surface area (Å²) in [7, 11) is 0. The SMILES string of the molecule is CC(=O)N1CCN(C(=O)c2cc(Nc3ccc(Cl)cc3C)ncn2)CC1. The number of anilines is 2. The molecule has 0 aliphatic carbocycles. The van der Waals surface area contributed by atoms with Gasteiger partial charge in [0.2, 0.25) is 5.91 Å². The highest BCUT2D eigenvalue weighted by Gasteiger charge is 2.24. The largest absolute Gasteiger partial charge is 0.340 e. The molecule has 0 bridgehead atoms. The number of halogens is 1. The predicted molar refractivity (Wildman–Crippen MR) is 99.7 cm³/mol. The molecule has 0 unspecified atom stereocenters. The van der Waals surface area contributed by atoms with Gasteiger partial charge in [-0.2, -0.15) is 0 Å². The quantitative estimate of drug-likeness (QED) is 0.894. The van der Waals surface area contributed by atoms with Crippen molar-refractivity contribution in [3.63, 3.8) is 0 Å². The number of rotatable bonds is 3. The summed E-state index contributed by atoms with van der Waals surface area (Å²) in [5.41, 5.74) is 2.16. The first kappa shape index (κ1) is 18.1. The van der Waals surface area contributed by atoms with Crippen LogP contribution in [0.5, 0.6) is 0 Å². The molecule has 0 radical (unpaired) electrons. The molecule has 2 amide bonds. The number of hydrogen-bond acceptors (Lipinski definition) is 5. The lowest BCUT2D eigenvalue weighted by atomic mass is 10.2. The van der Waals surface area contributed by atoms with Gasteiger partial charge in [-0.15, -0.1) is 0 Å². The number of carbonyl (C=O) groups is 2. The smallest absolute Gasteiger partial charge is 0.272 e. The molecule has 1 N–H and O–H groups in total. The van der Waals surface area contributed by atoms with E-state index in [0.717, 1.165) is 11.3 Å². The molecule has 136 valence electrons. The number of nitrogens with zero attached hydrogens (tertiary/aromatic N) is 4. The van der Waals surface area contributed by atoms with Crippen LogP contribution >= 0.6 is 11.6 Å². The lowest BCUT2D eigenvalue weighted by Crippen LogP contribution is -2.50. The summed E-state index contributed by atoms with van der Waals surface area (Å²) in [6.07, 6.45) is 1.37. The molecule has 1 saturated heterocycles. The molecule has 1 fully saturated rings. The van der Waals surface area contributed by atoms with Crippen LogP contribution in [0.3, 0.4) is 0 Å². The van der Waals surface area contributed by atoms with Crippen LogP contribution in [0.4, 0.5) is 11.5 Å². The van der Waals surface area contributed by atoms with Gasteiger partial charge in [0.15, 0.2) is 0 Å². The van der Waals surface area contributed by atoms with E-state index in [1.165, 1.54) is 6.33 Å². The van der Waals surface area contributed by atoms with Crippen LogP contribution in [0.15, 0.2) is 30.6 Å². The topological polar surface area (TPSA) is 78.4 Å². The van der Waals surface area contributed by atoms with Crippen LogP contribution in [0, 0.1) is 6.92 Å². The fraction of sp³-hybridized carbons (Fsp3) is 0.333. The second-order valence-electron chi connectivity index (χ2n) is 6.17. The van der Waals surface area contributed by atoms with Gasteiger partial charge in [-0.25, -0.2) is 9.97 Å². The zero-order chi connectivity index (χ0) is 18.7. The van der Waals surface area contributed by atoms with Crippen molar-refractivity contribution < 1.29 is 9.59 Å². The highest BCUT2D eigenvalue weighted by molar-refractivity contribution is 6.30. The van der Waals surface area contributed by atoms with Crippen molar-refractivity contribution in [3.8, 4) is 0 Å². The van der Waals surface area contributed by atoms with Crippen LogP contribution in [-0.2, 0) is 4.79 Å². The summed E-state index contributed by atoms with van der Waals surface area (Å²) in [5, 5.41) is 3.85. The van der Waals surface area contributed by atoms with Crippen molar-refractivity contribution in [3.05, 3.63) is 46.9 Å². The molecule has 2 aromatic rings. The van der Waals surface area contributed by atoms with E-state index in [2.05, 4.69) is 15.3 Å². The van der Waals surface area contributed by atoms with Crippen molar-refractivity contribution in [2.45, 2.75) is 13.8 Å². The minimum Gasteiger partial charge on any atom is -0.340 e. The molecule has 7 nitrogen and oxygen atoms in total. The number of aryl methyl sites for hydroxylation is 1. The molecular weight excluding hydrogens is 354 g/mol. The van der Waals surface area contributed by atoms with E-state index >= 15 is 0 Å². The first-order valence-corrected chi connectivity index (χ1v) is 8.72. The highest BCUT2D eigenvalue weighted by Crippen LogP contribution is 2.23. The maximum Gasteiger partial charge on any atom is 0.272 e.